The lowest BCUT2D eigenvalue weighted by Gasteiger charge is -2.07. The van der Waals surface area contributed by atoms with Crippen molar-refractivity contribution in [2.45, 2.75) is 25.1 Å². The molecule has 0 radical (unpaired) electrons. The second-order valence-electron chi connectivity index (χ2n) is 5.87. The average Bonchev–Trinajstić information content (AvgIpc) is 2.66. The quantitative estimate of drug-likeness (QED) is 0.740. The molecule has 0 saturated carbocycles. The van der Waals surface area contributed by atoms with E-state index in [1.54, 1.807) is 36.4 Å². The molecule has 1 amide bonds. The molecule has 0 aliphatic rings. The Bertz CT molecular complexity index is 883. The zero-order valence-corrected chi connectivity index (χ0v) is 15.3. The van der Waals surface area contributed by atoms with E-state index in [0.29, 0.717) is 30.5 Å². The SMILES string of the molecule is CNS(=O)(=O)Cc1ccc(CNC(=O)CCc2ccc(C#N)cc2)cc1. The summed E-state index contributed by atoms with van der Waals surface area (Å²) in [7, 11) is -1.90. The van der Waals surface area contributed by atoms with Crippen molar-refractivity contribution in [2.24, 2.45) is 0 Å². The van der Waals surface area contributed by atoms with Crippen LogP contribution >= 0.6 is 0 Å². The number of amides is 1. The molecule has 2 aromatic rings. The topological polar surface area (TPSA) is 99.1 Å². The summed E-state index contributed by atoms with van der Waals surface area (Å²) >= 11 is 0. The van der Waals surface area contributed by atoms with E-state index in [1.807, 2.05) is 12.1 Å². The van der Waals surface area contributed by atoms with E-state index in [9.17, 15) is 13.2 Å². The van der Waals surface area contributed by atoms with E-state index < -0.39 is 10.0 Å². The molecule has 0 aliphatic heterocycles. The Morgan fingerprint density at radius 2 is 1.58 bits per heavy atom. The molecule has 6 nitrogen and oxygen atoms in total. The summed E-state index contributed by atoms with van der Waals surface area (Å²) in [6.45, 7) is 0.394. The number of carbonyl (C=O) groups excluding carboxylic acids is 1. The Labute approximate surface area is 153 Å². The minimum atomic E-state index is -3.29. The first kappa shape index (κ1) is 19.6. The summed E-state index contributed by atoms with van der Waals surface area (Å²) in [4.78, 5) is 12.0. The van der Waals surface area contributed by atoms with Gasteiger partial charge in [-0.15, -0.1) is 0 Å². The third-order valence-electron chi connectivity index (χ3n) is 3.90. The van der Waals surface area contributed by atoms with Crippen LogP contribution in [0.4, 0.5) is 0 Å². The molecule has 0 saturated heterocycles. The van der Waals surface area contributed by atoms with E-state index in [-0.39, 0.29) is 11.7 Å². The predicted molar refractivity (Wildman–Crippen MR) is 99.5 cm³/mol. The number of sulfonamides is 1. The lowest BCUT2D eigenvalue weighted by molar-refractivity contribution is -0.121. The largest absolute Gasteiger partial charge is 0.352 e. The van der Waals surface area contributed by atoms with Gasteiger partial charge in [0.05, 0.1) is 17.4 Å². The highest BCUT2D eigenvalue weighted by molar-refractivity contribution is 7.88. The number of nitrogens with zero attached hydrogens (tertiary/aromatic N) is 1. The summed E-state index contributed by atoms with van der Waals surface area (Å²) in [5.74, 6) is -0.128. The standard InChI is InChI=1S/C19H21N3O3S/c1-21-26(24,25)14-18-8-6-17(7-9-18)13-22-19(23)11-10-15-2-4-16(12-20)5-3-15/h2-9,21H,10-11,13-14H2,1H3,(H,22,23). The van der Waals surface area contributed by atoms with E-state index in [4.69, 9.17) is 5.26 Å². The van der Waals surface area contributed by atoms with Gasteiger partial charge in [0.15, 0.2) is 0 Å². The second kappa shape index (κ2) is 9.13. The van der Waals surface area contributed by atoms with Crippen molar-refractivity contribution in [3.8, 4) is 6.07 Å². The molecule has 0 atom stereocenters. The first-order chi connectivity index (χ1) is 12.4. The molecule has 0 aliphatic carbocycles. The average molecular weight is 371 g/mol. The molecule has 0 aromatic heterocycles. The number of nitriles is 1. The Balaban J connectivity index is 1.78. The van der Waals surface area contributed by atoms with Crippen LogP contribution in [0.1, 0.15) is 28.7 Å². The second-order valence-corrected chi connectivity index (χ2v) is 7.79. The van der Waals surface area contributed by atoms with Crippen molar-refractivity contribution < 1.29 is 13.2 Å². The van der Waals surface area contributed by atoms with E-state index in [1.165, 1.54) is 7.05 Å². The molecule has 2 aromatic carbocycles. The van der Waals surface area contributed by atoms with Crippen LogP contribution in [-0.4, -0.2) is 21.4 Å². The first-order valence-electron chi connectivity index (χ1n) is 8.16. The van der Waals surface area contributed by atoms with Gasteiger partial charge in [-0.2, -0.15) is 5.26 Å². The molecule has 26 heavy (non-hydrogen) atoms. The Kier molecular flexibility index (Phi) is 6.89. The molecule has 2 N–H and O–H groups in total. The van der Waals surface area contributed by atoms with E-state index in [2.05, 4.69) is 16.1 Å². The minimum Gasteiger partial charge on any atom is -0.352 e. The molecule has 7 heteroatoms. The molecule has 0 unspecified atom stereocenters. The van der Waals surface area contributed by atoms with Gasteiger partial charge in [0.2, 0.25) is 15.9 Å². The summed E-state index contributed by atoms with van der Waals surface area (Å²) in [6, 6.07) is 16.3. The number of rotatable bonds is 8. The van der Waals surface area contributed by atoms with Gasteiger partial charge in [-0.1, -0.05) is 36.4 Å². The van der Waals surface area contributed by atoms with Crippen molar-refractivity contribution in [1.29, 1.82) is 5.26 Å². The fourth-order valence-corrected chi connectivity index (χ4v) is 3.11. The van der Waals surface area contributed by atoms with Gasteiger partial charge in [0, 0.05) is 13.0 Å². The highest BCUT2D eigenvalue weighted by Crippen LogP contribution is 2.09. The van der Waals surface area contributed by atoms with Crippen molar-refractivity contribution in [3.63, 3.8) is 0 Å². The van der Waals surface area contributed by atoms with Gasteiger partial charge in [-0.25, -0.2) is 13.1 Å². The highest BCUT2D eigenvalue weighted by Gasteiger charge is 2.08. The predicted octanol–water partition coefficient (Wildman–Crippen LogP) is 1.86. The van der Waals surface area contributed by atoms with Crippen LogP contribution in [0.2, 0.25) is 0 Å². The molecule has 0 spiro atoms. The maximum atomic E-state index is 12.0. The fourth-order valence-electron chi connectivity index (χ4n) is 2.34. The minimum absolute atomic E-state index is 0.0591. The monoisotopic (exact) mass is 371 g/mol. The number of benzene rings is 2. The molecular formula is C19H21N3O3S. The summed E-state index contributed by atoms with van der Waals surface area (Å²) in [5.41, 5.74) is 3.20. The highest BCUT2D eigenvalue weighted by atomic mass is 32.2. The normalized spacial score (nSPS) is 10.9. The Morgan fingerprint density at radius 3 is 2.15 bits per heavy atom. The smallest absolute Gasteiger partial charge is 0.220 e. The third kappa shape index (κ3) is 6.31. The van der Waals surface area contributed by atoms with Gasteiger partial charge in [-0.05, 0) is 42.3 Å². The van der Waals surface area contributed by atoms with Crippen LogP contribution in [0.3, 0.4) is 0 Å². The summed E-state index contributed by atoms with van der Waals surface area (Å²) in [6.07, 6.45) is 0.975. The molecule has 136 valence electrons. The third-order valence-corrected chi connectivity index (χ3v) is 5.24. The number of carbonyl (C=O) groups is 1. The number of aryl methyl sites for hydroxylation is 1. The Hall–Kier alpha value is -2.69. The van der Waals surface area contributed by atoms with Gasteiger partial charge in [0.25, 0.3) is 0 Å². The van der Waals surface area contributed by atoms with Gasteiger partial charge in [-0.3, -0.25) is 4.79 Å². The Morgan fingerprint density at radius 1 is 1.00 bits per heavy atom. The molecule has 2 rings (SSSR count). The van der Waals surface area contributed by atoms with Crippen LogP contribution in [0.5, 0.6) is 0 Å². The van der Waals surface area contributed by atoms with Crippen LogP contribution in [0.15, 0.2) is 48.5 Å². The van der Waals surface area contributed by atoms with Crippen LogP contribution in [-0.2, 0) is 33.5 Å². The maximum absolute atomic E-state index is 12.0. The van der Waals surface area contributed by atoms with Gasteiger partial charge < -0.3 is 5.32 Å². The fraction of sp³-hybridized carbons (Fsp3) is 0.263. The van der Waals surface area contributed by atoms with Crippen molar-refractivity contribution >= 4 is 15.9 Å². The summed E-state index contributed by atoms with van der Waals surface area (Å²) < 4.78 is 25.3. The lowest BCUT2D eigenvalue weighted by Crippen LogP contribution is -2.23. The van der Waals surface area contributed by atoms with Crippen molar-refractivity contribution in [2.75, 3.05) is 7.05 Å². The number of hydrogen-bond donors (Lipinski definition) is 2. The molecule has 0 fully saturated rings. The molecule has 0 heterocycles. The van der Waals surface area contributed by atoms with E-state index >= 15 is 0 Å². The zero-order chi connectivity index (χ0) is 19.0. The lowest BCUT2D eigenvalue weighted by atomic mass is 10.1. The van der Waals surface area contributed by atoms with Gasteiger partial charge >= 0.3 is 0 Å². The van der Waals surface area contributed by atoms with Crippen LogP contribution in [0.25, 0.3) is 0 Å². The first-order valence-corrected chi connectivity index (χ1v) is 9.82. The van der Waals surface area contributed by atoms with Crippen molar-refractivity contribution in [3.05, 3.63) is 70.8 Å². The molecule has 0 bridgehead atoms. The summed E-state index contributed by atoms with van der Waals surface area (Å²) in [5, 5.41) is 11.6. The van der Waals surface area contributed by atoms with Crippen LogP contribution in [0, 0.1) is 11.3 Å². The van der Waals surface area contributed by atoms with Crippen molar-refractivity contribution in [1.82, 2.24) is 10.0 Å². The van der Waals surface area contributed by atoms with Gasteiger partial charge in [0.1, 0.15) is 0 Å². The maximum Gasteiger partial charge on any atom is 0.220 e. The number of nitrogens with one attached hydrogen (secondary N) is 2. The zero-order valence-electron chi connectivity index (χ0n) is 14.5. The molecular weight excluding hydrogens is 350 g/mol. The van der Waals surface area contributed by atoms with E-state index in [0.717, 1.165) is 11.1 Å². The number of hydrogen-bond acceptors (Lipinski definition) is 4. The van der Waals surface area contributed by atoms with Crippen LogP contribution < -0.4 is 10.0 Å².